The molecule has 0 aliphatic carbocycles. The van der Waals surface area contributed by atoms with Crippen molar-refractivity contribution < 1.29 is 0 Å². The summed E-state index contributed by atoms with van der Waals surface area (Å²) in [6.07, 6.45) is 9.01. The lowest BCUT2D eigenvalue weighted by atomic mass is 10.0. The Labute approximate surface area is 106 Å². The maximum Gasteiger partial charge on any atom is 0.0360 e. The summed E-state index contributed by atoms with van der Waals surface area (Å²) in [6.45, 7) is 12.6. The summed E-state index contributed by atoms with van der Waals surface area (Å²) in [4.78, 5) is 4.73. The molecule has 0 spiro atoms. The highest BCUT2D eigenvalue weighted by Gasteiger charge is 2.22. The quantitative estimate of drug-likeness (QED) is 0.686. The summed E-state index contributed by atoms with van der Waals surface area (Å²) in [5.41, 5.74) is 2.44. The maximum atomic E-state index is 4.12. The van der Waals surface area contributed by atoms with Crippen LogP contribution >= 0.6 is 0 Å². The van der Waals surface area contributed by atoms with Gasteiger partial charge in [0.2, 0.25) is 0 Å². The van der Waals surface area contributed by atoms with Crippen LogP contribution in [0.4, 0.5) is 0 Å². The van der Waals surface area contributed by atoms with E-state index >= 15 is 0 Å². The van der Waals surface area contributed by atoms with Gasteiger partial charge in [-0.1, -0.05) is 20.4 Å². The van der Waals surface area contributed by atoms with Gasteiger partial charge in [0.15, 0.2) is 0 Å². The van der Waals surface area contributed by atoms with Crippen molar-refractivity contribution in [2.24, 2.45) is 0 Å². The second-order valence-corrected chi connectivity index (χ2v) is 4.64. The molecule has 2 rings (SSSR count). The molecule has 2 aliphatic rings. The van der Waals surface area contributed by atoms with Crippen LogP contribution in [-0.2, 0) is 0 Å². The van der Waals surface area contributed by atoms with E-state index in [1.54, 1.807) is 0 Å². The van der Waals surface area contributed by atoms with E-state index in [9.17, 15) is 0 Å². The van der Waals surface area contributed by atoms with E-state index in [2.05, 4.69) is 48.7 Å². The first-order chi connectivity index (χ1) is 8.16. The van der Waals surface area contributed by atoms with Gasteiger partial charge in [-0.15, -0.1) is 0 Å². The van der Waals surface area contributed by atoms with E-state index in [0.29, 0.717) is 6.04 Å². The van der Waals surface area contributed by atoms with Gasteiger partial charge in [0.1, 0.15) is 0 Å². The van der Waals surface area contributed by atoms with E-state index < -0.39 is 0 Å². The SMILES string of the molecule is C=C1C=C(C)C=CN1C1CCN(C)CC1.CC. The fraction of sp³-hybridized carbons (Fsp3) is 0.600. The summed E-state index contributed by atoms with van der Waals surface area (Å²) in [5.74, 6) is 0. The molecule has 1 saturated heterocycles. The largest absolute Gasteiger partial charge is 0.345 e. The molecule has 0 atom stereocenters. The van der Waals surface area contributed by atoms with Crippen LogP contribution < -0.4 is 0 Å². The van der Waals surface area contributed by atoms with Crippen LogP contribution in [0.3, 0.4) is 0 Å². The summed E-state index contributed by atoms with van der Waals surface area (Å²) in [5, 5.41) is 0. The molecule has 0 unspecified atom stereocenters. The van der Waals surface area contributed by atoms with Crippen molar-refractivity contribution in [3.05, 3.63) is 36.2 Å². The molecule has 0 aromatic heterocycles. The first-order valence-electron chi connectivity index (χ1n) is 6.69. The highest BCUT2D eigenvalue weighted by atomic mass is 15.2. The number of nitrogens with zero attached hydrogens (tertiary/aromatic N) is 2. The molecule has 96 valence electrons. The van der Waals surface area contributed by atoms with Crippen molar-refractivity contribution in [1.29, 1.82) is 0 Å². The molecule has 0 aromatic carbocycles. The minimum absolute atomic E-state index is 0.648. The Hall–Kier alpha value is -1.02. The van der Waals surface area contributed by atoms with Crippen LogP contribution in [0.15, 0.2) is 36.2 Å². The predicted molar refractivity (Wildman–Crippen MR) is 75.7 cm³/mol. The van der Waals surface area contributed by atoms with Crippen molar-refractivity contribution in [2.45, 2.75) is 39.7 Å². The molecule has 0 radical (unpaired) electrons. The molecule has 2 nitrogen and oxygen atoms in total. The lowest BCUT2D eigenvalue weighted by Crippen LogP contribution is -2.41. The van der Waals surface area contributed by atoms with Crippen molar-refractivity contribution in [2.75, 3.05) is 20.1 Å². The van der Waals surface area contributed by atoms with Crippen LogP contribution in [0.25, 0.3) is 0 Å². The molecular formula is C15H26N2. The van der Waals surface area contributed by atoms with Gasteiger partial charge in [-0.05, 0) is 57.6 Å². The molecule has 2 aliphatic heterocycles. The summed E-state index contributed by atoms with van der Waals surface area (Å²) >= 11 is 0. The van der Waals surface area contributed by atoms with Crippen molar-refractivity contribution in [3.8, 4) is 0 Å². The third kappa shape index (κ3) is 3.74. The Morgan fingerprint density at radius 2 is 1.82 bits per heavy atom. The van der Waals surface area contributed by atoms with Gasteiger partial charge in [-0.2, -0.15) is 0 Å². The summed E-state index contributed by atoms with van der Waals surface area (Å²) in [6, 6.07) is 0.648. The van der Waals surface area contributed by atoms with Crippen molar-refractivity contribution >= 4 is 0 Å². The van der Waals surface area contributed by atoms with Gasteiger partial charge in [0.25, 0.3) is 0 Å². The Morgan fingerprint density at radius 1 is 1.24 bits per heavy atom. The smallest absolute Gasteiger partial charge is 0.0360 e. The number of hydrogen-bond donors (Lipinski definition) is 0. The normalized spacial score (nSPS) is 22.0. The third-order valence-electron chi connectivity index (χ3n) is 3.31. The molecule has 17 heavy (non-hydrogen) atoms. The van der Waals surface area contributed by atoms with Crippen molar-refractivity contribution in [3.63, 3.8) is 0 Å². The van der Waals surface area contributed by atoms with E-state index in [1.165, 1.54) is 31.5 Å². The zero-order chi connectivity index (χ0) is 12.8. The Kier molecular flexibility index (Phi) is 5.49. The Balaban J connectivity index is 0.000000686. The zero-order valence-electron chi connectivity index (χ0n) is 11.7. The molecule has 1 fully saturated rings. The fourth-order valence-corrected chi connectivity index (χ4v) is 2.31. The summed E-state index contributed by atoms with van der Waals surface area (Å²) in [7, 11) is 2.20. The zero-order valence-corrected chi connectivity index (χ0v) is 11.7. The maximum absolute atomic E-state index is 4.12. The number of allylic oxidation sites excluding steroid dienone is 3. The van der Waals surface area contributed by atoms with Crippen LogP contribution in [-0.4, -0.2) is 36.0 Å². The number of hydrogen-bond acceptors (Lipinski definition) is 2. The van der Waals surface area contributed by atoms with Crippen LogP contribution in [0.1, 0.15) is 33.6 Å². The number of piperidine rings is 1. The molecule has 2 heteroatoms. The highest BCUT2D eigenvalue weighted by Crippen LogP contribution is 2.24. The van der Waals surface area contributed by atoms with Gasteiger partial charge in [-0.3, -0.25) is 0 Å². The van der Waals surface area contributed by atoms with E-state index in [4.69, 9.17) is 0 Å². The minimum atomic E-state index is 0.648. The van der Waals surface area contributed by atoms with Crippen molar-refractivity contribution in [1.82, 2.24) is 9.80 Å². The third-order valence-corrected chi connectivity index (χ3v) is 3.31. The molecule has 0 bridgehead atoms. The molecule has 2 heterocycles. The van der Waals surface area contributed by atoms with Crippen LogP contribution in [0.5, 0.6) is 0 Å². The van der Waals surface area contributed by atoms with E-state index in [1.807, 2.05) is 13.8 Å². The topological polar surface area (TPSA) is 6.48 Å². The second-order valence-electron chi connectivity index (χ2n) is 4.64. The van der Waals surface area contributed by atoms with E-state index in [-0.39, 0.29) is 0 Å². The van der Waals surface area contributed by atoms with Gasteiger partial charge in [0, 0.05) is 17.9 Å². The lowest BCUT2D eigenvalue weighted by molar-refractivity contribution is 0.186. The summed E-state index contributed by atoms with van der Waals surface area (Å²) < 4.78 is 0. The molecule has 0 aromatic rings. The number of rotatable bonds is 1. The number of likely N-dealkylation sites (tertiary alicyclic amines) is 1. The lowest BCUT2D eigenvalue weighted by Gasteiger charge is -2.38. The second kappa shape index (κ2) is 6.65. The fourth-order valence-electron chi connectivity index (χ4n) is 2.31. The molecule has 0 amide bonds. The molecular weight excluding hydrogens is 208 g/mol. The Morgan fingerprint density at radius 3 is 2.35 bits per heavy atom. The van der Waals surface area contributed by atoms with E-state index in [0.717, 1.165) is 5.70 Å². The van der Waals surface area contributed by atoms with Gasteiger partial charge < -0.3 is 9.80 Å². The van der Waals surface area contributed by atoms with Crippen LogP contribution in [0.2, 0.25) is 0 Å². The first-order valence-corrected chi connectivity index (χ1v) is 6.69. The van der Waals surface area contributed by atoms with Gasteiger partial charge in [-0.25, -0.2) is 0 Å². The van der Waals surface area contributed by atoms with Crippen LogP contribution in [0, 0.1) is 0 Å². The average molecular weight is 234 g/mol. The van der Waals surface area contributed by atoms with Gasteiger partial charge in [0.05, 0.1) is 0 Å². The Bertz CT molecular complexity index is 307. The predicted octanol–water partition coefficient (Wildman–Crippen LogP) is 3.40. The average Bonchev–Trinajstić information content (AvgIpc) is 2.33. The molecule has 0 saturated carbocycles. The molecule has 0 N–H and O–H groups in total. The first kappa shape index (κ1) is 14.0. The minimum Gasteiger partial charge on any atom is -0.345 e. The van der Waals surface area contributed by atoms with Gasteiger partial charge >= 0.3 is 0 Å². The monoisotopic (exact) mass is 234 g/mol. The standard InChI is InChI=1S/C13H20N2.C2H6/c1-11-4-9-15(12(2)10-11)13-5-7-14(3)8-6-13;1-2/h4,9-10,13H,2,5-8H2,1,3H3;1-2H3. The highest BCUT2D eigenvalue weighted by molar-refractivity contribution is 5.32.